The SMILES string of the molecule is Cn1nccc1C(=O)Oc1ccc(C=NNC(=O)c2cc(Br)ccc2O)cc1. The maximum Gasteiger partial charge on any atom is 0.361 e. The average Bonchev–Trinajstić information content (AvgIpc) is 3.11. The number of phenols is 1. The van der Waals surface area contributed by atoms with Gasteiger partial charge in [0, 0.05) is 17.7 Å². The molecule has 1 aromatic heterocycles. The Balaban J connectivity index is 1.59. The van der Waals surface area contributed by atoms with Gasteiger partial charge < -0.3 is 9.84 Å². The van der Waals surface area contributed by atoms with Gasteiger partial charge in [0.05, 0.1) is 11.8 Å². The summed E-state index contributed by atoms with van der Waals surface area (Å²) in [4.78, 5) is 24.1. The van der Waals surface area contributed by atoms with Crippen molar-refractivity contribution in [3.63, 3.8) is 0 Å². The number of hydrogen-bond donors (Lipinski definition) is 2. The molecule has 0 aliphatic rings. The second-order valence-electron chi connectivity index (χ2n) is 5.66. The van der Waals surface area contributed by atoms with E-state index in [1.807, 2.05) is 0 Å². The summed E-state index contributed by atoms with van der Waals surface area (Å²) in [6, 6.07) is 12.7. The zero-order valence-electron chi connectivity index (χ0n) is 14.7. The van der Waals surface area contributed by atoms with Crippen LogP contribution in [0.1, 0.15) is 26.4 Å². The molecule has 0 bridgehead atoms. The number of aromatic nitrogens is 2. The van der Waals surface area contributed by atoms with Gasteiger partial charge >= 0.3 is 5.97 Å². The Morgan fingerprint density at radius 3 is 2.64 bits per heavy atom. The molecule has 1 amide bonds. The number of rotatable bonds is 5. The zero-order valence-corrected chi connectivity index (χ0v) is 16.3. The van der Waals surface area contributed by atoms with Gasteiger partial charge in [0.1, 0.15) is 17.2 Å². The lowest BCUT2D eigenvalue weighted by atomic mass is 10.2. The van der Waals surface area contributed by atoms with Crippen LogP contribution in [0.5, 0.6) is 11.5 Å². The number of aromatic hydroxyl groups is 1. The first-order valence-corrected chi connectivity index (χ1v) is 8.85. The largest absolute Gasteiger partial charge is 0.507 e. The Labute approximate surface area is 168 Å². The van der Waals surface area contributed by atoms with Crippen LogP contribution in [0, 0.1) is 0 Å². The third-order valence-corrected chi connectivity index (χ3v) is 4.20. The molecule has 0 aliphatic carbocycles. The Bertz CT molecular complexity index is 1040. The van der Waals surface area contributed by atoms with Crippen LogP contribution in [-0.2, 0) is 7.05 Å². The maximum atomic E-state index is 12.1. The lowest BCUT2D eigenvalue weighted by molar-refractivity contribution is 0.0723. The average molecular weight is 443 g/mol. The molecule has 3 rings (SSSR count). The molecule has 8 nitrogen and oxygen atoms in total. The molecule has 0 saturated heterocycles. The molecule has 0 spiro atoms. The number of carbonyl (C=O) groups excluding carboxylic acids is 2. The molecule has 2 N–H and O–H groups in total. The van der Waals surface area contributed by atoms with Gasteiger partial charge in [-0.1, -0.05) is 15.9 Å². The second-order valence-corrected chi connectivity index (χ2v) is 6.57. The van der Waals surface area contributed by atoms with Crippen LogP contribution in [0.25, 0.3) is 0 Å². The number of esters is 1. The van der Waals surface area contributed by atoms with Crippen LogP contribution >= 0.6 is 15.9 Å². The van der Waals surface area contributed by atoms with Gasteiger partial charge in [-0.25, -0.2) is 10.2 Å². The number of aryl methyl sites for hydroxylation is 1. The zero-order chi connectivity index (χ0) is 20.1. The first-order chi connectivity index (χ1) is 13.4. The molecule has 0 aliphatic heterocycles. The Morgan fingerprint density at radius 1 is 1.21 bits per heavy atom. The molecule has 0 unspecified atom stereocenters. The van der Waals surface area contributed by atoms with E-state index in [2.05, 4.69) is 31.6 Å². The molecule has 142 valence electrons. The minimum atomic E-state index is -0.545. The van der Waals surface area contributed by atoms with Gasteiger partial charge in [-0.3, -0.25) is 9.48 Å². The number of hydrogen-bond acceptors (Lipinski definition) is 6. The van der Waals surface area contributed by atoms with E-state index in [4.69, 9.17) is 4.74 Å². The normalized spacial score (nSPS) is 10.8. The van der Waals surface area contributed by atoms with E-state index in [9.17, 15) is 14.7 Å². The van der Waals surface area contributed by atoms with Crippen molar-refractivity contribution in [2.24, 2.45) is 12.1 Å². The van der Waals surface area contributed by atoms with E-state index >= 15 is 0 Å². The molecule has 0 fully saturated rings. The Morgan fingerprint density at radius 2 is 1.96 bits per heavy atom. The molecule has 28 heavy (non-hydrogen) atoms. The summed E-state index contributed by atoms with van der Waals surface area (Å²) < 4.78 is 7.36. The number of nitrogens with one attached hydrogen (secondary N) is 1. The van der Waals surface area contributed by atoms with Crippen LogP contribution in [0.15, 0.2) is 64.3 Å². The summed E-state index contributed by atoms with van der Waals surface area (Å²) >= 11 is 3.24. The van der Waals surface area contributed by atoms with Gasteiger partial charge in [-0.2, -0.15) is 10.2 Å². The predicted molar refractivity (Wildman–Crippen MR) is 105 cm³/mol. The monoisotopic (exact) mass is 442 g/mol. The predicted octanol–water partition coefficient (Wildman–Crippen LogP) is 2.87. The number of halogens is 1. The summed E-state index contributed by atoms with van der Waals surface area (Å²) in [6.07, 6.45) is 2.94. The van der Waals surface area contributed by atoms with Crippen molar-refractivity contribution >= 4 is 34.0 Å². The lowest BCUT2D eigenvalue weighted by Gasteiger charge is -2.05. The fraction of sp³-hybridized carbons (Fsp3) is 0.0526. The second kappa shape index (κ2) is 8.49. The number of hydrazone groups is 1. The summed E-state index contributed by atoms with van der Waals surface area (Å²) in [5.74, 6) is -0.832. The fourth-order valence-corrected chi connectivity index (χ4v) is 2.63. The van der Waals surface area contributed by atoms with E-state index in [0.717, 1.165) is 0 Å². The summed E-state index contributed by atoms with van der Waals surface area (Å²) in [7, 11) is 1.65. The highest BCUT2D eigenvalue weighted by Crippen LogP contribution is 2.21. The van der Waals surface area contributed by atoms with E-state index < -0.39 is 11.9 Å². The highest BCUT2D eigenvalue weighted by Gasteiger charge is 2.12. The van der Waals surface area contributed by atoms with E-state index in [1.165, 1.54) is 29.2 Å². The summed E-state index contributed by atoms with van der Waals surface area (Å²) in [6.45, 7) is 0. The van der Waals surface area contributed by atoms with Crippen LogP contribution in [0.4, 0.5) is 0 Å². The van der Waals surface area contributed by atoms with Crippen molar-refractivity contribution in [2.45, 2.75) is 0 Å². The molecule has 0 saturated carbocycles. The van der Waals surface area contributed by atoms with Gasteiger partial charge in [0.15, 0.2) is 0 Å². The Kier molecular flexibility index (Phi) is 5.85. The van der Waals surface area contributed by atoms with Crippen molar-refractivity contribution < 1.29 is 19.4 Å². The van der Waals surface area contributed by atoms with Crippen LogP contribution < -0.4 is 10.2 Å². The number of benzene rings is 2. The molecule has 2 aromatic carbocycles. The summed E-state index contributed by atoms with van der Waals surface area (Å²) in [5, 5.41) is 17.5. The van der Waals surface area contributed by atoms with Crippen LogP contribution in [0.2, 0.25) is 0 Å². The molecule has 3 aromatic rings. The number of nitrogens with zero attached hydrogens (tertiary/aromatic N) is 3. The molecule has 9 heteroatoms. The Hall–Kier alpha value is -3.46. The minimum absolute atomic E-state index is 0.101. The van der Waals surface area contributed by atoms with Crippen molar-refractivity contribution in [2.75, 3.05) is 0 Å². The van der Waals surface area contributed by atoms with Crippen LogP contribution in [-0.4, -0.2) is 33.0 Å². The molecular formula is C19H15BrN4O4. The smallest absolute Gasteiger partial charge is 0.361 e. The van der Waals surface area contributed by atoms with Crippen molar-refractivity contribution in [3.8, 4) is 11.5 Å². The van der Waals surface area contributed by atoms with Crippen LogP contribution in [0.3, 0.4) is 0 Å². The van der Waals surface area contributed by atoms with Gasteiger partial charge in [-0.05, 0) is 54.1 Å². The first kappa shape index (κ1) is 19.3. The quantitative estimate of drug-likeness (QED) is 0.273. The third kappa shape index (κ3) is 4.63. The van der Waals surface area contributed by atoms with Crippen molar-refractivity contribution in [3.05, 3.63) is 76.0 Å². The molecule has 0 radical (unpaired) electrons. The van der Waals surface area contributed by atoms with E-state index in [1.54, 1.807) is 43.4 Å². The van der Waals surface area contributed by atoms with Crippen molar-refractivity contribution in [1.82, 2.24) is 15.2 Å². The molecular weight excluding hydrogens is 428 g/mol. The maximum absolute atomic E-state index is 12.1. The fourth-order valence-electron chi connectivity index (χ4n) is 2.27. The molecule has 0 atom stereocenters. The number of amides is 1. The number of ether oxygens (including phenoxy) is 1. The summed E-state index contributed by atoms with van der Waals surface area (Å²) in [5.41, 5.74) is 3.46. The van der Waals surface area contributed by atoms with Gasteiger partial charge in [-0.15, -0.1) is 0 Å². The highest BCUT2D eigenvalue weighted by molar-refractivity contribution is 9.10. The standard InChI is InChI=1S/C19H15BrN4O4/c1-24-16(8-9-22-24)19(27)28-14-5-2-12(3-6-14)11-21-23-18(26)15-10-13(20)4-7-17(15)25/h2-11,25H,1H3,(H,23,26). The first-order valence-electron chi connectivity index (χ1n) is 8.06. The van der Waals surface area contributed by atoms with Gasteiger partial charge in [0.25, 0.3) is 5.91 Å². The lowest BCUT2D eigenvalue weighted by Crippen LogP contribution is -2.17. The van der Waals surface area contributed by atoms with Gasteiger partial charge in [0.2, 0.25) is 0 Å². The highest BCUT2D eigenvalue weighted by atomic mass is 79.9. The minimum Gasteiger partial charge on any atom is -0.507 e. The third-order valence-electron chi connectivity index (χ3n) is 3.70. The van der Waals surface area contributed by atoms with E-state index in [-0.39, 0.29) is 11.3 Å². The topological polar surface area (TPSA) is 106 Å². The molecule has 1 heterocycles. The number of carbonyl (C=O) groups is 2. The number of phenolic OH excluding ortho intramolecular Hbond substituents is 1. The van der Waals surface area contributed by atoms with Crippen molar-refractivity contribution in [1.29, 1.82) is 0 Å². The van der Waals surface area contributed by atoms with E-state index in [0.29, 0.717) is 21.5 Å².